The molecule has 0 aliphatic heterocycles. The number of nitrogens with one attached hydrogen (secondary N) is 1. The minimum absolute atomic E-state index is 0.175. The van der Waals surface area contributed by atoms with E-state index >= 15 is 0 Å². The van der Waals surface area contributed by atoms with Gasteiger partial charge in [-0.1, -0.05) is 60.7 Å². The van der Waals surface area contributed by atoms with Crippen molar-refractivity contribution in [2.75, 3.05) is 0 Å². The minimum Gasteiger partial charge on any atom is -0.387 e. The van der Waals surface area contributed by atoms with Crippen molar-refractivity contribution in [1.82, 2.24) is 5.48 Å². The van der Waals surface area contributed by atoms with Crippen molar-refractivity contribution in [3.05, 3.63) is 71.8 Å². The molecule has 2 atom stereocenters. The molecule has 0 radical (unpaired) electrons. The molecule has 0 spiro atoms. The van der Waals surface area contributed by atoms with E-state index < -0.39 is 6.10 Å². The Morgan fingerprint density at radius 2 is 1.58 bits per heavy atom. The molecule has 0 unspecified atom stereocenters. The fourth-order valence-electron chi connectivity index (χ4n) is 1.83. The number of hydrogen-bond donors (Lipinski definition) is 2. The van der Waals surface area contributed by atoms with Crippen LogP contribution in [-0.4, -0.2) is 11.1 Å². The third-order valence-corrected chi connectivity index (χ3v) is 2.97. The van der Waals surface area contributed by atoms with Crippen LogP contribution in [0.15, 0.2) is 60.7 Å². The van der Waals surface area contributed by atoms with E-state index in [1.807, 2.05) is 67.6 Å². The topological polar surface area (TPSA) is 41.5 Å². The van der Waals surface area contributed by atoms with Crippen LogP contribution in [0.25, 0.3) is 0 Å². The highest BCUT2D eigenvalue weighted by atomic mass is 16.6. The average molecular weight is 257 g/mol. The summed E-state index contributed by atoms with van der Waals surface area (Å²) in [6.45, 7) is 2.37. The quantitative estimate of drug-likeness (QED) is 0.782. The van der Waals surface area contributed by atoms with E-state index in [1.54, 1.807) is 0 Å². The molecule has 0 heterocycles. The third-order valence-electron chi connectivity index (χ3n) is 2.97. The molecule has 2 N–H and O–H groups in total. The van der Waals surface area contributed by atoms with Crippen molar-refractivity contribution in [1.29, 1.82) is 0 Å². The maximum Gasteiger partial charge on any atom is 0.0963 e. The lowest BCUT2D eigenvalue weighted by atomic mass is 10.0. The molecule has 3 heteroatoms. The van der Waals surface area contributed by atoms with Crippen molar-refractivity contribution in [2.45, 2.75) is 25.7 Å². The first kappa shape index (κ1) is 13.7. The molecule has 2 rings (SSSR count). The number of aliphatic hydroxyl groups is 1. The van der Waals surface area contributed by atoms with Gasteiger partial charge in [0, 0.05) is 0 Å². The number of hydroxylamine groups is 1. The van der Waals surface area contributed by atoms with Gasteiger partial charge in [0.25, 0.3) is 0 Å². The first-order valence-electron chi connectivity index (χ1n) is 6.41. The van der Waals surface area contributed by atoms with Crippen molar-refractivity contribution in [3.8, 4) is 0 Å². The SMILES string of the molecule is C[C@@H](NOCc1ccccc1)[C@H](O)c1ccccc1. The largest absolute Gasteiger partial charge is 0.387 e. The zero-order valence-corrected chi connectivity index (χ0v) is 11.0. The Kier molecular flexibility index (Phi) is 5.10. The number of aliphatic hydroxyl groups excluding tert-OH is 1. The first-order chi connectivity index (χ1) is 9.27. The van der Waals surface area contributed by atoms with Crippen LogP contribution < -0.4 is 5.48 Å². The monoisotopic (exact) mass is 257 g/mol. The van der Waals surface area contributed by atoms with Crippen LogP contribution in [0.2, 0.25) is 0 Å². The third kappa shape index (κ3) is 4.17. The molecule has 0 aliphatic carbocycles. The molecule has 0 aromatic heterocycles. The molecule has 3 nitrogen and oxygen atoms in total. The van der Waals surface area contributed by atoms with E-state index in [-0.39, 0.29) is 6.04 Å². The van der Waals surface area contributed by atoms with E-state index in [1.165, 1.54) is 0 Å². The molecule has 2 aromatic rings. The van der Waals surface area contributed by atoms with Gasteiger partial charge in [-0.05, 0) is 18.1 Å². The number of benzene rings is 2. The van der Waals surface area contributed by atoms with Crippen LogP contribution in [-0.2, 0) is 11.4 Å². The second-order valence-corrected chi connectivity index (χ2v) is 4.54. The van der Waals surface area contributed by atoms with E-state index in [9.17, 15) is 5.11 Å². The van der Waals surface area contributed by atoms with E-state index in [2.05, 4.69) is 5.48 Å². The lowest BCUT2D eigenvalue weighted by molar-refractivity contribution is -0.0275. The van der Waals surface area contributed by atoms with Gasteiger partial charge in [-0.2, -0.15) is 5.48 Å². The van der Waals surface area contributed by atoms with Gasteiger partial charge in [-0.25, -0.2) is 0 Å². The Balaban J connectivity index is 1.80. The minimum atomic E-state index is -0.586. The molecular weight excluding hydrogens is 238 g/mol. The van der Waals surface area contributed by atoms with Gasteiger partial charge in [0.05, 0.1) is 18.8 Å². The predicted molar refractivity (Wildman–Crippen MR) is 75.2 cm³/mol. The summed E-state index contributed by atoms with van der Waals surface area (Å²) in [7, 11) is 0. The van der Waals surface area contributed by atoms with Crippen molar-refractivity contribution in [3.63, 3.8) is 0 Å². The standard InChI is InChI=1S/C16H19NO2/c1-13(16(18)15-10-6-3-7-11-15)17-19-12-14-8-4-2-5-9-14/h2-11,13,16-18H,12H2,1H3/t13-,16+/m1/s1. The summed E-state index contributed by atoms with van der Waals surface area (Å²) in [6.07, 6.45) is -0.586. The van der Waals surface area contributed by atoms with Crippen LogP contribution in [0.5, 0.6) is 0 Å². The van der Waals surface area contributed by atoms with E-state index in [4.69, 9.17) is 4.84 Å². The molecule has 100 valence electrons. The molecule has 0 aliphatic rings. The maximum atomic E-state index is 10.1. The summed E-state index contributed by atoms with van der Waals surface area (Å²) < 4.78 is 0. The molecule has 0 saturated carbocycles. The van der Waals surface area contributed by atoms with Crippen LogP contribution >= 0.6 is 0 Å². The summed E-state index contributed by atoms with van der Waals surface area (Å²) in [6, 6.07) is 19.3. The molecular formula is C16H19NO2. The van der Waals surface area contributed by atoms with Gasteiger partial charge in [0.2, 0.25) is 0 Å². The van der Waals surface area contributed by atoms with Gasteiger partial charge in [0.1, 0.15) is 0 Å². The lowest BCUT2D eigenvalue weighted by Crippen LogP contribution is -2.32. The van der Waals surface area contributed by atoms with Crippen LogP contribution in [0, 0.1) is 0 Å². The van der Waals surface area contributed by atoms with Gasteiger partial charge < -0.3 is 5.11 Å². The zero-order chi connectivity index (χ0) is 13.5. The van der Waals surface area contributed by atoms with Crippen LogP contribution in [0.4, 0.5) is 0 Å². The second kappa shape index (κ2) is 7.04. The average Bonchev–Trinajstić information content (AvgIpc) is 2.48. The van der Waals surface area contributed by atoms with Crippen molar-refractivity contribution >= 4 is 0 Å². The Labute approximate surface area is 113 Å². The summed E-state index contributed by atoms with van der Waals surface area (Å²) in [4.78, 5) is 5.41. The highest BCUT2D eigenvalue weighted by Gasteiger charge is 2.15. The fourth-order valence-corrected chi connectivity index (χ4v) is 1.83. The normalized spacial score (nSPS) is 14.0. The Hall–Kier alpha value is -1.68. The summed E-state index contributed by atoms with van der Waals surface area (Å²) in [5, 5.41) is 10.1. The Morgan fingerprint density at radius 1 is 1.00 bits per heavy atom. The fraction of sp³-hybridized carbons (Fsp3) is 0.250. The summed E-state index contributed by atoms with van der Waals surface area (Å²) in [5.41, 5.74) is 4.85. The Bertz CT molecular complexity index is 473. The molecule has 0 saturated heterocycles. The lowest BCUT2D eigenvalue weighted by Gasteiger charge is -2.20. The van der Waals surface area contributed by atoms with Gasteiger partial charge >= 0.3 is 0 Å². The smallest absolute Gasteiger partial charge is 0.0963 e. The highest BCUT2D eigenvalue weighted by molar-refractivity contribution is 5.18. The second-order valence-electron chi connectivity index (χ2n) is 4.54. The van der Waals surface area contributed by atoms with Crippen molar-refractivity contribution < 1.29 is 9.94 Å². The summed E-state index contributed by atoms with van der Waals surface area (Å²) >= 11 is 0. The molecule has 0 fully saturated rings. The molecule has 0 amide bonds. The van der Waals surface area contributed by atoms with E-state index in [0.717, 1.165) is 11.1 Å². The van der Waals surface area contributed by atoms with Crippen LogP contribution in [0.1, 0.15) is 24.2 Å². The van der Waals surface area contributed by atoms with Gasteiger partial charge in [-0.3, -0.25) is 4.84 Å². The Morgan fingerprint density at radius 3 is 2.21 bits per heavy atom. The highest BCUT2D eigenvalue weighted by Crippen LogP contribution is 2.16. The van der Waals surface area contributed by atoms with Crippen molar-refractivity contribution in [2.24, 2.45) is 0 Å². The molecule has 0 bridgehead atoms. The van der Waals surface area contributed by atoms with Gasteiger partial charge in [0.15, 0.2) is 0 Å². The summed E-state index contributed by atoms with van der Waals surface area (Å²) in [5.74, 6) is 0. The number of rotatable bonds is 6. The van der Waals surface area contributed by atoms with Gasteiger partial charge in [-0.15, -0.1) is 0 Å². The number of hydrogen-bond acceptors (Lipinski definition) is 3. The van der Waals surface area contributed by atoms with E-state index in [0.29, 0.717) is 6.61 Å². The predicted octanol–water partition coefficient (Wildman–Crippen LogP) is 2.83. The van der Waals surface area contributed by atoms with Crippen LogP contribution in [0.3, 0.4) is 0 Å². The molecule has 2 aromatic carbocycles. The maximum absolute atomic E-state index is 10.1. The molecule has 19 heavy (non-hydrogen) atoms. The first-order valence-corrected chi connectivity index (χ1v) is 6.41. The zero-order valence-electron chi connectivity index (χ0n) is 11.0.